The highest BCUT2D eigenvalue weighted by Crippen LogP contribution is 2.66. The monoisotopic (exact) mass is 1770 g/mol. The molecule has 72 heteroatoms. The van der Waals surface area contributed by atoms with E-state index >= 15 is 52.7 Å². The third-order valence-electron chi connectivity index (χ3n) is 11.4. The van der Waals surface area contributed by atoms with Gasteiger partial charge in [0.2, 0.25) is 5.91 Å². The Bertz CT molecular complexity index is 3320. The number of nitrogens with one attached hydrogen (secondary N) is 1. The van der Waals surface area contributed by atoms with E-state index in [1.807, 2.05) is 0 Å². The maximum atomic E-state index is 16.5. The van der Waals surface area contributed by atoms with E-state index < -0.39 is 230 Å². The molecule has 1 aromatic carbocycles. The fraction of sp³-hybridized carbons (Fsp3) is 0.811. The predicted octanol–water partition coefficient (Wildman–Crippen LogP) is 16.8. The van der Waals surface area contributed by atoms with Crippen LogP contribution >= 0.6 is 0 Å². The van der Waals surface area contributed by atoms with Crippen LogP contribution in [0.15, 0.2) is 18.2 Å². The topological polar surface area (TPSA) is 158 Å². The third kappa shape index (κ3) is 17.7. The predicted molar refractivity (Wildman–Crippen MR) is 204 cm³/mol. The molecule has 8 atom stereocenters. The molecule has 1 aromatic rings. The summed E-state index contributed by atoms with van der Waals surface area (Å²) in [6.45, 7) is -1.30. The Labute approximate surface area is 549 Å². The summed E-state index contributed by atoms with van der Waals surface area (Å²) >= 11 is 0. The Morgan fingerprint density at radius 1 is 0.303 bits per heavy atom. The van der Waals surface area contributed by atoms with Crippen molar-refractivity contribution in [2.45, 2.75) is 176 Å². The molecule has 0 saturated heterocycles. The zero-order chi connectivity index (χ0) is 88.5. The number of hydrogen-bond acceptors (Lipinski definition) is 12. The molecule has 0 aliphatic carbocycles. The highest BCUT2D eigenvalue weighted by atomic mass is 19.5. The fourth-order valence-electron chi connectivity index (χ4n) is 6.13. The van der Waals surface area contributed by atoms with Crippen LogP contribution < -0.4 is 16.7 Å². The molecule has 0 bridgehead atoms. The van der Waals surface area contributed by atoms with E-state index in [0.29, 0.717) is 15.0 Å². The van der Waals surface area contributed by atoms with E-state index in [9.17, 15) is 212 Å². The summed E-state index contributed by atoms with van der Waals surface area (Å²) in [5, 5.41) is 10.2. The van der Waals surface area contributed by atoms with Crippen molar-refractivity contribution in [2.75, 3.05) is 6.54 Å². The molecule has 0 aliphatic heterocycles. The average molecular weight is 1770 g/mol. The van der Waals surface area contributed by atoms with Crippen molar-refractivity contribution in [1.29, 1.82) is 0 Å². The first-order chi connectivity index (χ1) is 46.6. The van der Waals surface area contributed by atoms with Crippen molar-refractivity contribution in [1.82, 2.24) is 5.48 Å². The molecule has 1 amide bonds. The summed E-state index contributed by atoms with van der Waals surface area (Å²) in [6.07, 6.45) is -168. The normalized spacial score (nSPS) is 19.9. The van der Waals surface area contributed by atoms with Gasteiger partial charge in [-0.25, -0.2) is 5.48 Å². The van der Waals surface area contributed by atoms with Gasteiger partial charge in [0.1, 0.15) is 0 Å². The number of rotatable bonds is 31. The third-order valence-corrected chi connectivity index (χ3v) is 11.4. The molecule has 644 valence electrons. The molecule has 4 N–H and O–H groups in total. The summed E-state index contributed by atoms with van der Waals surface area (Å²) in [4.78, 5) is 11.8. The Balaban J connectivity index is 4.84. The molecule has 0 heterocycles. The highest BCUT2D eigenvalue weighted by molar-refractivity contribution is 6.60. The molecule has 13 nitrogen and oxygen atoms in total. The van der Waals surface area contributed by atoms with Crippen molar-refractivity contribution < 1.29 is 307 Å². The molecule has 0 radical (unpaired) electrons. The van der Waals surface area contributed by atoms with Crippen LogP contribution in [-0.2, 0) is 59.2 Å². The first-order valence-corrected chi connectivity index (χ1v) is 23.7. The van der Waals surface area contributed by atoms with Gasteiger partial charge in [0.25, 0.3) is 0 Å². The lowest BCUT2D eigenvalue weighted by molar-refractivity contribution is -0.593. The van der Waals surface area contributed by atoms with Gasteiger partial charge in [0.05, 0.1) is 0 Å². The van der Waals surface area contributed by atoms with E-state index in [0.717, 1.165) is 18.9 Å². The van der Waals surface area contributed by atoms with Gasteiger partial charge >= 0.3 is 176 Å². The second-order valence-electron chi connectivity index (χ2n) is 19.2. The van der Waals surface area contributed by atoms with Gasteiger partial charge in [-0.15, -0.1) is 0 Å². The van der Waals surface area contributed by atoms with Crippen LogP contribution in [0.1, 0.15) is 17.5 Å². The number of alkyl halides is 58. The Morgan fingerprint density at radius 3 is 0.716 bits per heavy atom. The Hall–Kier alpha value is -5.75. The van der Waals surface area contributed by atoms with Crippen molar-refractivity contribution >= 4 is 18.5 Å². The van der Waals surface area contributed by atoms with E-state index in [1.54, 1.807) is 4.74 Å². The van der Waals surface area contributed by atoms with E-state index in [1.165, 1.54) is 4.74 Å². The van der Waals surface area contributed by atoms with Crippen LogP contribution in [0, 0.1) is 0 Å². The van der Waals surface area contributed by atoms with E-state index in [-0.39, 0.29) is 0 Å². The molecule has 0 fully saturated rings. The van der Waals surface area contributed by atoms with Crippen molar-refractivity contribution in [2.24, 2.45) is 5.73 Å². The summed E-state index contributed by atoms with van der Waals surface area (Å²) in [5.41, 5.74) is -8.10. The molecule has 0 saturated carbocycles. The molecule has 0 aliphatic rings. The number of hydroxylamine groups is 1. The maximum Gasteiger partial charge on any atom is 0.514 e. The minimum Gasteiger partial charge on any atom is -0.422 e. The van der Waals surface area contributed by atoms with Crippen LogP contribution in [0.25, 0.3) is 0 Å². The number of amides is 1. The lowest BCUT2D eigenvalue weighted by atomic mass is 9.73. The molecule has 0 spiro atoms. The van der Waals surface area contributed by atoms with E-state index in [4.69, 9.17) is 5.73 Å². The average Bonchev–Trinajstić information content (AvgIpc) is 0.710. The van der Waals surface area contributed by atoms with Gasteiger partial charge in [-0.05, 0) is 5.46 Å². The quantitative estimate of drug-likeness (QED) is 0.0368. The van der Waals surface area contributed by atoms with Crippen LogP contribution in [0.3, 0.4) is 0 Å². The molecule has 109 heavy (non-hydrogen) atoms. The SMILES string of the molecule is NCCC(=O)NOB(O)c1cc(C(F)(OC(F)(F)C(F)(OC(F)(F)C(F)(OC(F)(F)C(F)(OC(F)(F)C(F)(F)C(F)(F)F)C(F)(F)F)C(F)(F)F)C(F)(F)F)C(F)(F)F)ccc1C(F)(OC(F)(F)C(F)(OC(F)(F)C(F)(OC(F)(F)C(F)(OC(F)(F)C(F)(F)C(F)(F)F)C(F)(F)F)C(F)(F)F)C(F)(F)F)C(F)(F)F. The highest BCUT2D eigenvalue weighted by Gasteiger charge is 2.93. The van der Waals surface area contributed by atoms with Gasteiger partial charge < -0.3 is 10.8 Å². The lowest BCUT2D eigenvalue weighted by Crippen LogP contribution is -2.72. The second-order valence-corrected chi connectivity index (χ2v) is 19.2. The Kier molecular flexibility index (Phi) is 26.4. The summed E-state index contributed by atoms with van der Waals surface area (Å²) < 4.78 is 830. The summed E-state index contributed by atoms with van der Waals surface area (Å²) in [6, 6.07) is -7.30. The number of halogens is 58. The minimum atomic E-state index is -9.91. The van der Waals surface area contributed by atoms with Gasteiger partial charge in [0, 0.05) is 24.1 Å². The molecule has 1 rings (SSSR count). The van der Waals surface area contributed by atoms with Crippen LogP contribution in [0.2, 0.25) is 0 Å². The minimum absolute atomic E-state index is 0.298. The number of benzene rings is 1. The number of carbonyl (C=O) groups is 1. The van der Waals surface area contributed by atoms with Gasteiger partial charge in [0.15, 0.2) is 0 Å². The van der Waals surface area contributed by atoms with Crippen LogP contribution in [0.4, 0.5) is 255 Å². The number of ether oxygens (including phenoxy) is 8. The number of nitrogens with two attached hydrogens (primary N) is 1. The van der Waals surface area contributed by atoms with Crippen LogP contribution in [-0.4, -0.2) is 182 Å². The first kappa shape index (κ1) is 101. The molecule has 8 unspecified atom stereocenters. The van der Waals surface area contributed by atoms with E-state index in [2.05, 4.69) is 4.76 Å². The Morgan fingerprint density at radius 2 is 0.514 bits per heavy atom. The summed E-state index contributed by atoms with van der Waals surface area (Å²) in [5.74, 6) is -95.2. The standard InChI is InChI=1S/C37H11BF58N2O11/c39-10(20(51,52)53,101-32(85,86)14(45,24(63,64)65)105-36(93,94)18(49,28(75,76)77)107-34(89,90)16(47,26(69,70)71)103-30(81,82)12(41,42)22(57,58)59)6-1-2-7(8(5-6)38(100)109-98-9(99)3-4-97)11(40,21(54,55)56)102-33(87,88)15(46,25(66,67)68)106-37(95,96)19(50,29(78,79)80)108-35(91,92)17(48,27(72,73)74)104-31(83,84)13(43,44)23(60,61)62/h1-2,5,100H,3-4,97H2,(H,98,99). The second kappa shape index (κ2) is 28.4. The van der Waals surface area contributed by atoms with Gasteiger partial charge in [-0.2, -0.15) is 255 Å². The van der Waals surface area contributed by atoms with Gasteiger partial charge in [-0.1, -0.05) is 18.2 Å². The zero-order valence-corrected chi connectivity index (χ0v) is 47.3. The summed E-state index contributed by atoms with van der Waals surface area (Å²) in [7, 11) is -5.14. The largest absolute Gasteiger partial charge is 0.514 e. The molecular weight excluding hydrogens is 1760 g/mol. The smallest absolute Gasteiger partial charge is 0.422 e. The van der Waals surface area contributed by atoms with Crippen molar-refractivity contribution in [3.05, 3.63) is 29.3 Å². The maximum absolute atomic E-state index is 16.5. The van der Waals surface area contributed by atoms with Crippen LogP contribution in [0.5, 0.6) is 0 Å². The van der Waals surface area contributed by atoms with Crippen molar-refractivity contribution in [3.8, 4) is 0 Å². The zero-order valence-electron chi connectivity index (χ0n) is 47.3. The first-order valence-electron chi connectivity index (χ1n) is 23.7. The van der Waals surface area contributed by atoms with Crippen molar-refractivity contribution in [3.63, 3.8) is 0 Å². The lowest BCUT2D eigenvalue weighted by Gasteiger charge is -2.44. The molecular formula is C37H11BF58N2O11. The fourth-order valence-corrected chi connectivity index (χ4v) is 6.13. The van der Waals surface area contributed by atoms with Gasteiger partial charge in [-0.3, -0.25) is 47.4 Å². The molecule has 0 aromatic heterocycles. The number of hydrogen-bond donors (Lipinski definition) is 3. The number of carbonyl (C=O) groups excluding carboxylic acids is 1.